The maximum Gasteiger partial charge on any atom is 0.304 e. The van der Waals surface area contributed by atoms with Crippen LogP contribution < -0.4 is 5.32 Å². The van der Waals surface area contributed by atoms with Gasteiger partial charge in [-0.25, -0.2) is 0 Å². The standard InChI is InChI=1S/C13H17FN2O3/c1-9-6-11(4-5-19-9)15-8-10-2-3-13(16(17)18)12(14)7-10/h2-3,7,9,11,15H,4-6,8H2,1H3. The lowest BCUT2D eigenvalue weighted by Crippen LogP contribution is -2.37. The first-order chi connectivity index (χ1) is 9.06. The fourth-order valence-corrected chi connectivity index (χ4v) is 2.25. The van der Waals surface area contributed by atoms with Gasteiger partial charge in [-0.05, 0) is 31.4 Å². The Bertz CT molecular complexity index is 467. The highest BCUT2D eigenvalue weighted by molar-refractivity contribution is 5.34. The van der Waals surface area contributed by atoms with E-state index in [1.54, 1.807) is 6.07 Å². The van der Waals surface area contributed by atoms with Gasteiger partial charge in [0, 0.05) is 25.3 Å². The average Bonchev–Trinajstić information content (AvgIpc) is 2.36. The molecule has 19 heavy (non-hydrogen) atoms. The average molecular weight is 268 g/mol. The minimum atomic E-state index is -0.787. The molecule has 1 N–H and O–H groups in total. The van der Waals surface area contributed by atoms with Gasteiger partial charge in [0.2, 0.25) is 5.82 Å². The van der Waals surface area contributed by atoms with E-state index in [9.17, 15) is 14.5 Å². The van der Waals surface area contributed by atoms with Crippen LogP contribution in [0.5, 0.6) is 0 Å². The highest BCUT2D eigenvalue weighted by Crippen LogP contribution is 2.19. The lowest BCUT2D eigenvalue weighted by molar-refractivity contribution is -0.387. The molecule has 1 aromatic rings. The van der Waals surface area contributed by atoms with E-state index in [1.807, 2.05) is 6.92 Å². The fraction of sp³-hybridized carbons (Fsp3) is 0.538. The summed E-state index contributed by atoms with van der Waals surface area (Å²) in [5, 5.41) is 13.8. The van der Waals surface area contributed by atoms with Crippen LogP contribution in [0.15, 0.2) is 18.2 Å². The summed E-state index contributed by atoms with van der Waals surface area (Å²) in [5.41, 5.74) is 0.227. The Kier molecular flexibility index (Phi) is 4.44. The van der Waals surface area contributed by atoms with Gasteiger partial charge in [0.05, 0.1) is 11.0 Å². The number of nitrogens with zero attached hydrogens (tertiary/aromatic N) is 1. The van der Waals surface area contributed by atoms with Gasteiger partial charge in [0.25, 0.3) is 0 Å². The van der Waals surface area contributed by atoms with Crippen molar-refractivity contribution in [2.75, 3.05) is 6.61 Å². The molecule has 1 saturated heterocycles. The first-order valence-electron chi connectivity index (χ1n) is 6.34. The lowest BCUT2D eigenvalue weighted by Gasteiger charge is -2.28. The number of rotatable bonds is 4. The van der Waals surface area contributed by atoms with E-state index in [1.165, 1.54) is 12.1 Å². The zero-order valence-corrected chi connectivity index (χ0v) is 10.8. The van der Waals surface area contributed by atoms with Crippen molar-refractivity contribution < 1.29 is 14.1 Å². The smallest absolute Gasteiger partial charge is 0.304 e. The normalized spacial score (nSPS) is 23.3. The molecule has 1 fully saturated rings. The molecule has 0 bridgehead atoms. The van der Waals surface area contributed by atoms with Crippen molar-refractivity contribution >= 4 is 5.69 Å². The zero-order valence-electron chi connectivity index (χ0n) is 10.8. The molecule has 6 heteroatoms. The number of nitro benzene ring substituents is 1. The van der Waals surface area contributed by atoms with Crippen LogP contribution in [-0.2, 0) is 11.3 Å². The van der Waals surface area contributed by atoms with Gasteiger partial charge < -0.3 is 10.1 Å². The molecule has 1 heterocycles. The molecule has 0 aromatic heterocycles. The molecule has 1 aromatic carbocycles. The third-order valence-corrected chi connectivity index (χ3v) is 3.29. The molecule has 2 atom stereocenters. The Morgan fingerprint density at radius 3 is 3.00 bits per heavy atom. The zero-order chi connectivity index (χ0) is 13.8. The predicted octanol–water partition coefficient (Wildman–Crippen LogP) is 2.39. The highest BCUT2D eigenvalue weighted by Gasteiger charge is 2.19. The second kappa shape index (κ2) is 6.08. The van der Waals surface area contributed by atoms with Gasteiger partial charge in [0.1, 0.15) is 0 Å². The van der Waals surface area contributed by atoms with Crippen LogP contribution in [0, 0.1) is 15.9 Å². The second-order valence-electron chi connectivity index (χ2n) is 4.83. The number of nitro groups is 1. The van der Waals surface area contributed by atoms with E-state index in [2.05, 4.69) is 5.32 Å². The van der Waals surface area contributed by atoms with Crippen molar-refractivity contribution in [3.63, 3.8) is 0 Å². The van der Waals surface area contributed by atoms with E-state index in [4.69, 9.17) is 4.74 Å². The maximum absolute atomic E-state index is 13.4. The first-order valence-corrected chi connectivity index (χ1v) is 6.34. The third-order valence-electron chi connectivity index (χ3n) is 3.29. The molecular formula is C13H17FN2O3. The van der Waals surface area contributed by atoms with Gasteiger partial charge in [-0.15, -0.1) is 0 Å². The molecule has 0 aliphatic carbocycles. The first kappa shape index (κ1) is 13.9. The number of halogens is 1. The van der Waals surface area contributed by atoms with Crippen LogP contribution >= 0.6 is 0 Å². The summed E-state index contributed by atoms with van der Waals surface area (Å²) in [6, 6.07) is 4.35. The van der Waals surface area contributed by atoms with E-state index in [0.717, 1.165) is 19.4 Å². The Morgan fingerprint density at radius 2 is 2.37 bits per heavy atom. The second-order valence-corrected chi connectivity index (χ2v) is 4.83. The molecule has 0 saturated carbocycles. The van der Waals surface area contributed by atoms with Crippen molar-refractivity contribution in [1.29, 1.82) is 0 Å². The Balaban J connectivity index is 1.92. The number of hydrogen-bond donors (Lipinski definition) is 1. The quantitative estimate of drug-likeness (QED) is 0.672. The van der Waals surface area contributed by atoms with E-state index >= 15 is 0 Å². The monoisotopic (exact) mass is 268 g/mol. The van der Waals surface area contributed by atoms with Crippen LogP contribution in [0.2, 0.25) is 0 Å². The van der Waals surface area contributed by atoms with Gasteiger partial charge in [-0.3, -0.25) is 10.1 Å². The molecule has 2 unspecified atom stereocenters. The minimum absolute atomic E-state index is 0.236. The summed E-state index contributed by atoms with van der Waals surface area (Å²) in [5.74, 6) is -0.787. The summed E-state index contributed by atoms with van der Waals surface area (Å²) in [6.07, 6.45) is 2.09. The third kappa shape index (κ3) is 3.71. The Hall–Kier alpha value is -1.53. The SMILES string of the molecule is CC1CC(NCc2ccc([N+](=O)[O-])c(F)c2)CCO1. The number of nitrogens with one attached hydrogen (secondary N) is 1. The van der Waals surface area contributed by atoms with Crippen LogP contribution in [0.1, 0.15) is 25.3 Å². The molecular weight excluding hydrogens is 251 g/mol. The number of ether oxygens (including phenoxy) is 1. The summed E-state index contributed by atoms with van der Waals surface area (Å²) >= 11 is 0. The van der Waals surface area contributed by atoms with Crippen molar-refractivity contribution in [1.82, 2.24) is 5.32 Å². The van der Waals surface area contributed by atoms with E-state index in [-0.39, 0.29) is 6.10 Å². The van der Waals surface area contributed by atoms with Crippen LogP contribution in [-0.4, -0.2) is 23.7 Å². The van der Waals surface area contributed by atoms with Gasteiger partial charge in [0.15, 0.2) is 0 Å². The van der Waals surface area contributed by atoms with Crippen molar-refractivity contribution in [3.05, 3.63) is 39.7 Å². The maximum atomic E-state index is 13.4. The van der Waals surface area contributed by atoms with Crippen molar-refractivity contribution in [3.8, 4) is 0 Å². The molecule has 5 nitrogen and oxygen atoms in total. The number of benzene rings is 1. The highest BCUT2D eigenvalue weighted by atomic mass is 19.1. The largest absolute Gasteiger partial charge is 0.378 e. The molecule has 0 radical (unpaired) electrons. The lowest BCUT2D eigenvalue weighted by atomic mass is 10.0. The van der Waals surface area contributed by atoms with Gasteiger partial charge in [-0.1, -0.05) is 6.07 Å². The molecule has 0 amide bonds. The van der Waals surface area contributed by atoms with Gasteiger partial charge >= 0.3 is 5.69 Å². The Morgan fingerprint density at radius 1 is 1.58 bits per heavy atom. The van der Waals surface area contributed by atoms with Gasteiger partial charge in [-0.2, -0.15) is 4.39 Å². The molecule has 104 valence electrons. The van der Waals surface area contributed by atoms with Crippen LogP contribution in [0.25, 0.3) is 0 Å². The summed E-state index contributed by atoms with van der Waals surface area (Å²) in [6.45, 7) is 3.26. The topological polar surface area (TPSA) is 64.4 Å². The molecule has 2 rings (SSSR count). The van der Waals surface area contributed by atoms with E-state index < -0.39 is 16.4 Å². The molecule has 0 spiro atoms. The van der Waals surface area contributed by atoms with Crippen LogP contribution in [0.4, 0.5) is 10.1 Å². The Labute approximate surface area is 110 Å². The predicted molar refractivity (Wildman–Crippen MR) is 68.3 cm³/mol. The summed E-state index contributed by atoms with van der Waals surface area (Å²) < 4.78 is 18.9. The van der Waals surface area contributed by atoms with E-state index in [0.29, 0.717) is 18.2 Å². The number of hydrogen-bond acceptors (Lipinski definition) is 4. The van der Waals surface area contributed by atoms with Crippen molar-refractivity contribution in [2.45, 2.75) is 38.5 Å². The van der Waals surface area contributed by atoms with Crippen LogP contribution in [0.3, 0.4) is 0 Å². The summed E-state index contributed by atoms with van der Waals surface area (Å²) in [4.78, 5) is 9.79. The van der Waals surface area contributed by atoms with Crippen molar-refractivity contribution in [2.24, 2.45) is 0 Å². The fourth-order valence-electron chi connectivity index (χ4n) is 2.25. The molecule has 1 aliphatic rings. The minimum Gasteiger partial charge on any atom is -0.378 e. The molecule has 1 aliphatic heterocycles. The summed E-state index contributed by atoms with van der Waals surface area (Å²) in [7, 11) is 0.